The number of nitrogens with one attached hydrogen (secondary N) is 1. The number of anilines is 2. The second-order valence-electron chi connectivity index (χ2n) is 7.36. The molecule has 3 rings (SSSR count). The molecule has 0 saturated carbocycles. The average Bonchev–Trinajstić information content (AvgIpc) is 2.85. The number of amides is 1. The average molecular weight is 590 g/mol. The van der Waals surface area contributed by atoms with Crippen molar-refractivity contribution in [2.24, 2.45) is 5.10 Å². The number of hydrogen-bond donors (Lipinski definition) is 1. The van der Waals surface area contributed by atoms with Crippen molar-refractivity contribution in [3.63, 3.8) is 0 Å². The summed E-state index contributed by atoms with van der Waals surface area (Å²) in [4.78, 5) is 15.0. The van der Waals surface area contributed by atoms with Crippen LogP contribution in [0.4, 0.5) is 11.4 Å². The molecule has 1 N–H and O–H groups in total. The largest absolute Gasteiger partial charge is 0.372 e. The Morgan fingerprint density at radius 2 is 1.50 bits per heavy atom. The van der Waals surface area contributed by atoms with Crippen molar-refractivity contribution in [3.05, 3.63) is 88.0 Å². The number of rotatable bonds is 10. The summed E-state index contributed by atoms with van der Waals surface area (Å²) in [6.45, 7) is 5.64. The van der Waals surface area contributed by atoms with Crippen molar-refractivity contribution >= 4 is 56.1 Å². The van der Waals surface area contributed by atoms with E-state index in [9.17, 15) is 13.2 Å². The molecule has 0 aliphatic carbocycles. The Labute approximate surface area is 214 Å². The highest BCUT2D eigenvalue weighted by Gasteiger charge is 2.27. The Morgan fingerprint density at radius 1 is 0.912 bits per heavy atom. The third-order valence-corrected chi connectivity index (χ3v) is 7.66. The maximum atomic E-state index is 13.3. The number of halogens is 1. The van der Waals surface area contributed by atoms with Gasteiger partial charge in [-0.2, -0.15) is 5.10 Å². The Balaban J connectivity index is 1.74. The predicted octanol–water partition coefficient (Wildman–Crippen LogP) is 4.48. The van der Waals surface area contributed by atoms with E-state index in [1.54, 1.807) is 42.5 Å². The first-order valence-electron chi connectivity index (χ1n) is 10.9. The lowest BCUT2D eigenvalue weighted by atomic mass is 10.2. The van der Waals surface area contributed by atoms with Crippen LogP contribution < -0.4 is 14.6 Å². The van der Waals surface area contributed by atoms with Crippen LogP contribution in [0.1, 0.15) is 19.4 Å². The number of benzene rings is 3. The van der Waals surface area contributed by atoms with Crippen LogP contribution in [0.15, 0.2) is 88.9 Å². The molecule has 1 amide bonds. The molecule has 0 bridgehead atoms. The van der Waals surface area contributed by atoms with Crippen LogP contribution in [-0.4, -0.2) is 40.2 Å². The first-order valence-corrected chi connectivity index (χ1v) is 13.4. The highest BCUT2D eigenvalue weighted by atomic mass is 127. The van der Waals surface area contributed by atoms with E-state index in [1.165, 1.54) is 18.3 Å². The van der Waals surface area contributed by atoms with Crippen molar-refractivity contribution in [2.45, 2.75) is 18.7 Å². The van der Waals surface area contributed by atoms with E-state index < -0.39 is 22.5 Å². The molecule has 3 aromatic carbocycles. The number of hydrazone groups is 1. The third-order valence-electron chi connectivity index (χ3n) is 5.16. The lowest BCUT2D eigenvalue weighted by molar-refractivity contribution is -0.119. The monoisotopic (exact) mass is 590 g/mol. The van der Waals surface area contributed by atoms with Gasteiger partial charge in [-0.1, -0.05) is 30.3 Å². The minimum atomic E-state index is -3.94. The molecule has 0 aliphatic rings. The fraction of sp³-hybridized carbons (Fsp3) is 0.200. The van der Waals surface area contributed by atoms with Gasteiger partial charge in [-0.3, -0.25) is 9.10 Å². The molecule has 3 aromatic rings. The van der Waals surface area contributed by atoms with Gasteiger partial charge in [-0.15, -0.1) is 0 Å². The van der Waals surface area contributed by atoms with Crippen molar-refractivity contribution < 1.29 is 13.2 Å². The molecule has 0 radical (unpaired) electrons. The van der Waals surface area contributed by atoms with Gasteiger partial charge in [0.15, 0.2) is 0 Å². The molecule has 0 aromatic heterocycles. The zero-order chi connectivity index (χ0) is 24.6. The lowest BCUT2D eigenvalue weighted by Crippen LogP contribution is -2.39. The summed E-state index contributed by atoms with van der Waals surface area (Å²) in [5.74, 6) is -0.547. The van der Waals surface area contributed by atoms with Gasteiger partial charge in [0.2, 0.25) is 0 Å². The van der Waals surface area contributed by atoms with E-state index >= 15 is 0 Å². The fourth-order valence-electron chi connectivity index (χ4n) is 3.35. The summed E-state index contributed by atoms with van der Waals surface area (Å²) < 4.78 is 28.6. The smallest absolute Gasteiger partial charge is 0.264 e. The van der Waals surface area contributed by atoms with Gasteiger partial charge >= 0.3 is 0 Å². The molecule has 0 saturated heterocycles. The number of carbonyl (C=O) groups is 1. The molecule has 0 aliphatic heterocycles. The second-order valence-corrected chi connectivity index (χ2v) is 10.5. The van der Waals surface area contributed by atoms with E-state index in [4.69, 9.17) is 0 Å². The summed E-state index contributed by atoms with van der Waals surface area (Å²) in [7, 11) is -3.94. The van der Waals surface area contributed by atoms with Gasteiger partial charge in [-0.25, -0.2) is 13.8 Å². The van der Waals surface area contributed by atoms with E-state index in [0.717, 1.165) is 32.2 Å². The van der Waals surface area contributed by atoms with Gasteiger partial charge in [0.05, 0.1) is 16.8 Å². The van der Waals surface area contributed by atoms with Crippen LogP contribution in [-0.2, 0) is 14.8 Å². The van der Waals surface area contributed by atoms with Crippen LogP contribution in [0.25, 0.3) is 0 Å². The zero-order valence-corrected chi connectivity index (χ0v) is 22.0. The molecule has 0 heterocycles. The molecule has 0 unspecified atom stereocenters. The van der Waals surface area contributed by atoms with Gasteiger partial charge in [0.1, 0.15) is 6.54 Å². The number of nitrogens with zero attached hydrogens (tertiary/aromatic N) is 3. The number of hydrogen-bond acceptors (Lipinski definition) is 5. The van der Waals surface area contributed by atoms with Crippen molar-refractivity contribution in [3.8, 4) is 0 Å². The van der Waals surface area contributed by atoms with E-state index in [1.807, 2.05) is 24.3 Å². The number of sulfonamides is 1. The molecule has 178 valence electrons. The highest BCUT2D eigenvalue weighted by Crippen LogP contribution is 2.24. The van der Waals surface area contributed by atoms with Crippen LogP contribution >= 0.6 is 22.6 Å². The summed E-state index contributed by atoms with van der Waals surface area (Å²) >= 11 is 2.14. The zero-order valence-electron chi connectivity index (χ0n) is 19.1. The molecular formula is C25H27IN4O3S. The minimum Gasteiger partial charge on any atom is -0.372 e. The number of carbonyl (C=O) groups excluding carboxylic acids is 1. The predicted molar refractivity (Wildman–Crippen MR) is 146 cm³/mol. The molecule has 7 nitrogen and oxygen atoms in total. The maximum absolute atomic E-state index is 13.3. The molecule has 9 heteroatoms. The first-order chi connectivity index (χ1) is 16.3. The van der Waals surface area contributed by atoms with Gasteiger partial charge in [-0.05, 0) is 90.5 Å². The fourth-order valence-corrected chi connectivity index (χ4v) is 5.15. The normalized spacial score (nSPS) is 11.4. The standard InChI is InChI=1S/C25H27IN4O3S/c1-3-29(4-2)22-14-10-20(11-15-22)18-27-28-25(31)19-30(23-16-12-21(26)13-17-23)34(32,33)24-8-6-5-7-9-24/h5-18H,3-4,19H2,1-2H3,(H,28,31)/b27-18-. The first kappa shape index (κ1) is 25.7. The summed E-state index contributed by atoms with van der Waals surface area (Å²) in [5.41, 5.74) is 4.78. The van der Waals surface area contributed by atoms with Gasteiger partial charge in [0, 0.05) is 22.3 Å². The Morgan fingerprint density at radius 3 is 2.09 bits per heavy atom. The maximum Gasteiger partial charge on any atom is 0.264 e. The van der Waals surface area contributed by atoms with Gasteiger partial charge < -0.3 is 4.90 Å². The van der Waals surface area contributed by atoms with Crippen LogP contribution in [0.2, 0.25) is 0 Å². The van der Waals surface area contributed by atoms with Crippen molar-refractivity contribution in [2.75, 3.05) is 28.8 Å². The topological polar surface area (TPSA) is 82.1 Å². The molecule has 0 fully saturated rings. The summed E-state index contributed by atoms with van der Waals surface area (Å²) in [6, 6.07) is 22.8. The molecule has 0 atom stereocenters. The van der Waals surface area contributed by atoms with Crippen LogP contribution in [0.3, 0.4) is 0 Å². The molecule has 0 spiro atoms. The SMILES string of the molecule is CCN(CC)c1ccc(/C=N\NC(=O)CN(c2ccc(I)cc2)S(=O)(=O)c2ccccc2)cc1. The highest BCUT2D eigenvalue weighted by molar-refractivity contribution is 14.1. The van der Waals surface area contributed by atoms with Crippen molar-refractivity contribution in [1.29, 1.82) is 0 Å². The Kier molecular flexibility index (Phi) is 9.05. The van der Waals surface area contributed by atoms with Crippen molar-refractivity contribution in [1.82, 2.24) is 5.43 Å². The minimum absolute atomic E-state index is 0.109. The second kappa shape index (κ2) is 12.0. The Bertz CT molecular complexity index is 1210. The van der Waals surface area contributed by atoms with Crippen LogP contribution in [0.5, 0.6) is 0 Å². The van der Waals surface area contributed by atoms with E-state index in [-0.39, 0.29) is 4.90 Å². The van der Waals surface area contributed by atoms with Crippen LogP contribution in [0, 0.1) is 3.57 Å². The molecular weight excluding hydrogens is 563 g/mol. The lowest BCUT2D eigenvalue weighted by Gasteiger charge is -2.23. The third kappa shape index (κ3) is 6.57. The summed E-state index contributed by atoms with van der Waals surface area (Å²) in [6.07, 6.45) is 1.53. The Hall–Kier alpha value is -2.92. The van der Waals surface area contributed by atoms with E-state index in [0.29, 0.717) is 5.69 Å². The summed E-state index contributed by atoms with van der Waals surface area (Å²) in [5, 5.41) is 4.01. The van der Waals surface area contributed by atoms with E-state index in [2.05, 4.69) is 51.9 Å². The quantitative estimate of drug-likeness (QED) is 0.215. The molecule has 34 heavy (non-hydrogen) atoms. The van der Waals surface area contributed by atoms with Gasteiger partial charge in [0.25, 0.3) is 15.9 Å².